The van der Waals surface area contributed by atoms with Crippen molar-refractivity contribution in [1.29, 1.82) is 0 Å². The lowest BCUT2D eigenvalue weighted by Gasteiger charge is -2.22. The van der Waals surface area contributed by atoms with Crippen molar-refractivity contribution in [2.24, 2.45) is 0 Å². The van der Waals surface area contributed by atoms with Gasteiger partial charge in [0.2, 0.25) is 5.67 Å². The first-order valence-corrected chi connectivity index (χ1v) is 8.15. The summed E-state index contributed by atoms with van der Waals surface area (Å²) in [4.78, 5) is 12.3. The number of ether oxygens (including phenoxy) is 1. The zero-order valence-electron chi connectivity index (χ0n) is 12.6. The maximum absolute atomic E-state index is 15.9. The predicted molar refractivity (Wildman–Crippen MR) is 90.0 cm³/mol. The van der Waals surface area contributed by atoms with Gasteiger partial charge in [0, 0.05) is 21.8 Å². The first kappa shape index (κ1) is 19.1. The molecule has 0 aliphatic carbocycles. The maximum atomic E-state index is 15.9. The molecule has 0 spiro atoms. The molecule has 2 aromatic rings. The van der Waals surface area contributed by atoms with Crippen LogP contribution in [0.25, 0.3) is 0 Å². The minimum atomic E-state index is -4.65. The SMILES string of the molecule is O=C1Nc2cc(Cl)c(Cl)cc2C1(F)c1cc(Cl)ccc1OCC(F)(F)F. The number of carbonyl (C=O) groups excluding carboxylic acids is 1. The van der Waals surface area contributed by atoms with Crippen LogP contribution in [-0.2, 0) is 10.5 Å². The predicted octanol–water partition coefficient (Wildman–Crippen LogP) is 5.75. The van der Waals surface area contributed by atoms with Crippen LogP contribution in [0.3, 0.4) is 0 Å². The number of halogens is 7. The average molecular weight is 429 g/mol. The van der Waals surface area contributed by atoms with Crippen LogP contribution in [0, 0.1) is 0 Å². The van der Waals surface area contributed by atoms with Crippen molar-refractivity contribution in [3.8, 4) is 5.75 Å². The number of carbonyl (C=O) groups is 1. The van der Waals surface area contributed by atoms with Crippen molar-refractivity contribution in [3.05, 3.63) is 56.5 Å². The highest BCUT2D eigenvalue weighted by molar-refractivity contribution is 6.42. The summed E-state index contributed by atoms with van der Waals surface area (Å²) in [5.74, 6) is -1.59. The zero-order valence-corrected chi connectivity index (χ0v) is 14.8. The van der Waals surface area contributed by atoms with E-state index < -0.39 is 35.7 Å². The van der Waals surface area contributed by atoms with Crippen LogP contribution in [0.4, 0.5) is 23.2 Å². The minimum absolute atomic E-state index is 0.0118. The van der Waals surface area contributed by atoms with Crippen molar-refractivity contribution < 1.29 is 27.1 Å². The van der Waals surface area contributed by atoms with E-state index in [9.17, 15) is 18.0 Å². The zero-order chi connectivity index (χ0) is 19.3. The number of anilines is 1. The Labute approximate surface area is 159 Å². The van der Waals surface area contributed by atoms with Crippen molar-refractivity contribution in [2.75, 3.05) is 11.9 Å². The highest BCUT2D eigenvalue weighted by Crippen LogP contribution is 2.49. The van der Waals surface area contributed by atoms with Gasteiger partial charge in [-0.1, -0.05) is 34.8 Å². The molecule has 10 heteroatoms. The molecule has 1 heterocycles. The second kappa shape index (κ2) is 6.48. The molecule has 0 radical (unpaired) electrons. The van der Waals surface area contributed by atoms with Gasteiger partial charge in [0.05, 0.1) is 10.0 Å². The lowest BCUT2D eigenvalue weighted by Crippen LogP contribution is -2.32. The van der Waals surface area contributed by atoms with Crippen LogP contribution in [0.1, 0.15) is 11.1 Å². The molecule has 26 heavy (non-hydrogen) atoms. The fraction of sp³-hybridized carbons (Fsp3) is 0.188. The summed E-state index contributed by atoms with van der Waals surface area (Å²) in [6.07, 6.45) is -4.65. The molecule has 0 saturated carbocycles. The van der Waals surface area contributed by atoms with Crippen molar-refractivity contribution in [3.63, 3.8) is 0 Å². The van der Waals surface area contributed by atoms with Crippen LogP contribution in [0.5, 0.6) is 5.75 Å². The summed E-state index contributed by atoms with van der Waals surface area (Å²) in [5.41, 5.74) is -3.47. The Kier molecular flexibility index (Phi) is 4.75. The first-order chi connectivity index (χ1) is 12.0. The number of alkyl halides is 4. The highest BCUT2D eigenvalue weighted by Gasteiger charge is 2.51. The second-order valence-electron chi connectivity index (χ2n) is 5.47. The fourth-order valence-electron chi connectivity index (χ4n) is 2.59. The summed E-state index contributed by atoms with van der Waals surface area (Å²) in [6, 6.07) is 5.70. The second-order valence-corrected chi connectivity index (χ2v) is 6.72. The van der Waals surface area contributed by atoms with Gasteiger partial charge in [0.1, 0.15) is 5.75 Å². The molecule has 1 aliphatic rings. The van der Waals surface area contributed by atoms with Gasteiger partial charge >= 0.3 is 6.18 Å². The van der Waals surface area contributed by atoms with Gasteiger partial charge in [-0.15, -0.1) is 0 Å². The van der Waals surface area contributed by atoms with Crippen LogP contribution in [0.2, 0.25) is 15.1 Å². The van der Waals surface area contributed by atoms with Gasteiger partial charge in [-0.2, -0.15) is 13.2 Å². The molecule has 1 atom stereocenters. The first-order valence-electron chi connectivity index (χ1n) is 7.02. The van der Waals surface area contributed by atoms with E-state index in [2.05, 4.69) is 10.1 Å². The summed E-state index contributed by atoms with van der Waals surface area (Å²) < 4.78 is 58.0. The number of hydrogen-bond donors (Lipinski definition) is 1. The molecule has 138 valence electrons. The maximum Gasteiger partial charge on any atom is 0.422 e. The van der Waals surface area contributed by atoms with E-state index in [-0.39, 0.29) is 26.3 Å². The van der Waals surface area contributed by atoms with E-state index in [1.807, 2.05) is 0 Å². The molecule has 0 fully saturated rings. The van der Waals surface area contributed by atoms with Crippen LogP contribution >= 0.6 is 34.8 Å². The fourth-order valence-corrected chi connectivity index (χ4v) is 3.09. The molecular formula is C16H8Cl3F4NO2. The molecule has 3 nitrogen and oxygen atoms in total. The summed E-state index contributed by atoms with van der Waals surface area (Å²) >= 11 is 17.6. The number of amides is 1. The topological polar surface area (TPSA) is 38.3 Å². The third-order valence-corrected chi connectivity index (χ3v) is 4.65. The third kappa shape index (κ3) is 3.31. The Morgan fingerprint density at radius 3 is 2.35 bits per heavy atom. The van der Waals surface area contributed by atoms with Crippen molar-refractivity contribution in [1.82, 2.24) is 0 Å². The molecule has 1 aliphatic heterocycles. The smallest absolute Gasteiger partial charge is 0.422 e. The standard InChI is InChI=1S/C16H8Cl3F4NO2/c17-7-1-2-13(26-6-15(20,21)22)9(3-7)16(23)8-4-10(18)11(19)5-12(8)24-14(16)25/h1-5H,6H2,(H,24,25). The monoisotopic (exact) mass is 427 g/mol. The highest BCUT2D eigenvalue weighted by atomic mass is 35.5. The van der Waals surface area contributed by atoms with Crippen LogP contribution in [0.15, 0.2) is 30.3 Å². The van der Waals surface area contributed by atoms with Gasteiger partial charge in [0.15, 0.2) is 6.61 Å². The van der Waals surface area contributed by atoms with Gasteiger partial charge in [-0.3, -0.25) is 4.79 Å². The molecule has 0 aromatic heterocycles. The molecule has 0 bridgehead atoms. The number of rotatable bonds is 3. The number of hydrogen-bond acceptors (Lipinski definition) is 2. The van der Waals surface area contributed by atoms with Gasteiger partial charge in [0.25, 0.3) is 5.91 Å². The Balaban J connectivity index is 2.16. The Morgan fingerprint density at radius 1 is 1.04 bits per heavy atom. The van der Waals surface area contributed by atoms with Gasteiger partial charge in [-0.05, 0) is 30.3 Å². The molecule has 1 unspecified atom stereocenters. The lowest BCUT2D eigenvalue weighted by molar-refractivity contribution is -0.153. The quantitative estimate of drug-likeness (QED) is 0.632. The third-order valence-electron chi connectivity index (χ3n) is 3.70. The number of nitrogens with one attached hydrogen (secondary N) is 1. The van der Waals surface area contributed by atoms with E-state index in [4.69, 9.17) is 34.8 Å². The largest absolute Gasteiger partial charge is 0.484 e. The summed E-state index contributed by atoms with van der Waals surface area (Å²) in [7, 11) is 0. The summed E-state index contributed by atoms with van der Waals surface area (Å²) in [6.45, 7) is -1.66. The van der Waals surface area contributed by atoms with Crippen molar-refractivity contribution in [2.45, 2.75) is 11.8 Å². The van der Waals surface area contributed by atoms with Gasteiger partial charge in [-0.25, -0.2) is 4.39 Å². The Bertz CT molecular complexity index is 904. The van der Waals surface area contributed by atoms with E-state index in [0.717, 1.165) is 18.2 Å². The molecule has 3 rings (SSSR count). The summed E-state index contributed by atoms with van der Waals surface area (Å²) in [5, 5.41) is 2.36. The number of benzene rings is 2. The number of fused-ring (bicyclic) bond motifs is 1. The Morgan fingerprint density at radius 2 is 1.69 bits per heavy atom. The molecule has 2 aromatic carbocycles. The molecule has 0 saturated heterocycles. The van der Waals surface area contributed by atoms with E-state index in [1.165, 1.54) is 12.1 Å². The normalized spacial score (nSPS) is 19.3. The van der Waals surface area contributed by atoms with Crippen LogP contribution < -0.4 is 10.1 Å². The Hall–Kier alpha value is -1.70. The van der Waals surface area contributed by atoms with E-state index in [1.54, 1.807) is 0 Å². The molecule has 1 amide bonds. The minimum Gasteiger partial charge on any atom is -0.484 e. The van der Waals surface area contributed by atoms with E-state index >= 15 is 4.39 Å². The van der Waals surface area contributed by atoms with Crippen molar-refractivity contribution >= 4 is 46.4 Å². The average Bonchev–Trinajstić information content (AvgIpc) is 2.78. The molecular weight excluding hydrogens is 421 g/mol. The van der Waals surface area contributed by atoms with E-state index in [0.29, 0.717) is 0 Å². The molecule has 1 N–H and O–H groups in total. The lowest BCUT2D eigenvalue weighted by atomic mass is 9.88. The van der Waals surface area contributed by atoms with Crippen LogP contribution in [-0.4, -0.2) is 18.7 Å². The van der Waals surface area contributed by atoms with Gasteiger partial charge < -0.3 is 10.1 Å².